The largest absolute Gasteiger partial charge is 0.416 e. The van der Waals surface area contributed by atoms with Gasteiger partial charge in [0.2, 0.25) is 0 Å². The summed E-state index contributed by atoms with van der Waals surface area (Å²) in [6, 6.07) is 13.8. The molecule has 2 aromatic carbocycles. The quantitative estimate of drug-likeness (QED) is 0.367. The molecule has 2 aliphatic heterocycles. The average Bonchev–Trinajstić information content (AvgIpc) is 3.58. The van der Waals surface area contributed by atoms with E-state index in [-0.39, 0.29) is 18.0 Å². The molecule has 0 aliphatic carbocycles. The van der Waals surface area contributed by atoms with Crippen LogP contribution in [0.1, 0.15) is 12.0 Å². The first-order chi connectivity index (χ1) is 16.8. The van der Waals surface area contributed by atoms with E-state index in [1.54, 1.807) is 12.3 Å². The molecule has 0 radical (unpaired) electrons. The average molecular weight is 517 g/mol. The molecule has 2 saturated heterocycles. The topological polar surface area (TPSA) is 52.3 Å². The Morgan fingerprint density at radius 1 is 1.00 bits per heavy atom. The summed E-state index contributed by atoms with van der Waals surface area (Å²) in [4.78, 5) is 18.4. The highest BCUT2D eigenvalue weighted by atomic mass is 35.5. The van der Waals surface area contributed by atoms with Crippen LogP contribution in [0.2, 0.25) is 0 Å². The lowest BCUT2D eigenvalue weighted by molar-refractivity contribution is -0.137. The molecule has 4 aromatic rings. The Morgan fingerprint density at radius 2 is 1.81 bits per heavy atom. The molecule has 2 fully saturated rings. The predicted molar refractivity (Wildman–Crippen MR) is 132 cm³/mol. The first kappa shape index (κ1) is 24.5. The fraction of sp³-hybridized carbons (Fsp3) is 0.308. The van der Waals surface area contributed by atoms with Crippen molar-refractivity contribution < 1.29 is 18.0 Å². The van der Waals surface area contributed by atoms with Crippen LogP contribution in [0.25, 0.3) is 27.7 Å². The van der Waals surface area contributed by atoms with Crippen molar-refractivity contribution in [2.24, 2.45) is 11.8 Å². The van der Waals surface area contributed by atoms with E-state index >= 15 is 0 Å². The summed E-state index contributed by atoms with van der Waals surface area (Å²) in [5.41, 5.74) is 1.87. The Bertz CT molecular complexity index is 1450. The van der Waals surface area contributed by atoms with E-state index in [1.807, 2.05) is 29.1 Å². The number of hydrogen-bond acceptors (Lipinski definition) is 4. The zero-order chi connectivity index (χ0) is 24.2. The van der Waals surface area contributed by atoms with Crippen molar-refractivity contribution in [3.8, 4) is 16.8 Å². The molecule has 3 atom stereocenters. The minimum absolute atomic E-state index is 0. The second kappa shape index (κ2) is 9.38. The van der Waals surface area contributed by atoms with Gasteiger partial charge in [-0.1, -0.05) is 12.1 Å². The Kier molecular flexibility index (Phi) is 6.40. The monoisotopic (exact) mass is 516 g/mol. The fourth-order valence-electron chi connectivity index (χ4n) is 5.13. The minimum Gasteiger partial charge on any atom is -0.299 e. The molecule has 0 saturated carbocycles. The number of halogens is 4. The van der Waals surface area contributed by atoms with Crippen LogP contribution in [0.5, 0.6) is 0 Å². The van der Waals surface area contributed by atoms with Crippen LogP contribution in [0.15, 0.2) is 71.8 Å². The number of pyridine rings is 1. The van der Waals surface area contributed by atoms with Crippen LogP contribution in [-0.4, -0.2) is 39.1 Å². The van der Waals surface area contributed by atoms with Crippen LogP contribution in [0, 0.1) is 11.8 Å². The van der Waals surface area contributed by atoms with Gasteiger partial charge in [-0.05, 0) is 59.9 Å². The first-order valence-corrected chi connectivity index (χ1v) is 11.6. The van der Waals surface area contributed by atoms with Crippen LogP contribution in [-0.2, 0) is 17.6 Å². The molecule has 0 amide bonds. The number of hydroxylamine groups is 2. The lowest BCUT2D eigenvalue weighted by Gasteiger charge is -2.21. The number of rotatable bonds is 5. The van der Waals surface area contributed by atoms with E-state index in [2.05, 4.69) is 10.2 Å². The van der Waals surface area contributed by atoms with E-state index in [4.69, 9.17) is 4.84 Å². The van der Waals surface area contributed by atoms with Crippen LogP contribution >= 0.6 is 12.4 Å². The van der Waals surface area contributed by atoms with Gasteiger partial charge in [-0.25, -0.2) is 0 Å². The van der Waals surface area contributed by atoms with Crippen LogP contribution in [0.4, 0.5) is 13.2 Å². The molecule has 6 rings (SSSR count). The van der Waals surface area contributed by atoms with Crippen LogP contribution in [0.3, 0.4) is 0 Å². The Hall–Kier alpha value is -3.14. The molecule has 2 aromatic heterocycles. The number of hydrogen-bond donors (Lipinski definition) is 0. The maximum Gasteiger partial charge on any atom is 0.416 e. The summed E-state index contributed by atoms with van der Waals surface area (Å²) in [6.07, 6.45) is 0.118. The number of nitrogens with zero attached hydrogens (tertiary/aromatic N) is 4. The number of aromatic nitrogens is 3. The molecule has 0 spiro atoms. The molecule has 6 nitrogen and oxygen atoms in total. The Balaban J connectivity index is 0.00000267. The SMILES string of the molecule is Cl.O=c1cc(-c2ccc(C(F)(F)F)cc2)ccn1-c1ccc2c(cnn2CCC2C[N@@]3C[C@H]2CO3)c1. The summed E-state index contributed by atoms with van der Waals surface area (Å²) in [5, 5.41) is 7.56. The van der Waals surface area contributed by atoms with Crippen molar-refractivity contribution >= 4 is 23.3 Å². The summed E-state index contributed by atoms with van der Waals surface area (Å²) >= 11 is 0. The number of fused-ring (bicyclic) bond motifs is 3. The van der Waals surface area contributed by atoms with Crippen molar-refractivity contribution in [3.05, 3.63) is 82.9 Å². The highest BCUT2D eigenvalue weighted by Crippen LogP contribution is 2.33. The van der Waals surface area contributed by atoms with E-state index in [0.29, 0.717) is 28.7 Å². The minimum atomic E-state index is -4.39. The van der Waals surface area contributed by atoms with Crippen molar-refractivity contribution in [1.82, 2.24) is 19.4 Å². The maximum atomic E-state index is 12.8. The molecular formula is C26H24ClF3N4O2. The second-order valence-corrected chi connectivity index (χ2v) is 9.26. The molecule has 2 bridgehead atoms. The van der Waals surface area contributed by atoms with Crippen LogP contribution < -0.4 is 5.56 Å². The Labute approximate surface area is 211 Å². The zero-order valence-corrected chi connectivity index (χ0v) is 20.0. The number of benzene rings is 2. The van der Waals surface area contributed by atoms with Gasteiger partial charge in [0.25, 0.3) is 5.56 Å². The third-order valence-electron chi connectivity index (χ3n) is 7.09. The van der Waals surface area contributed by atoms with E-state index in [1.165, 1.54) is 22.8 Å². The normalized spacial score (nSPS) is 21.1. The molecular weight excluding hydrogens is 493 g/mol. The highest BCUT2D eigenvalue weighted by Gasteiger charge is 2.39. The number of alkyl halides is 3. The summed E-state index contributed by atoms with van der Waals surface area (Å²) in [5.74, 6) is 1.24. The molecule has 188 valence electrons. The van der Waals surface area contributed by atoms with Gasteiger partial charge in [0.15, 0.2) is 0 Å². The Morgan fingerprint density at radius 3 is 2.47 bits per heavy atom. The molecule has 4 heterocycles. The fourth-order valence-corrected chi connectivity index (χ4v) is 5.13. The van der Waals surface area contributed by atoms with Gasteiger partial charge >= 0.3 is 6.18 Å². The molecule has 0 N–H and O–H groups in total. The van der Waals surface area contributed by atoms with E-state index < -0.39 is 11.7 Å². The van der Waals surface area contributed by atoms with Crippen molar-refractivity contribution in [2.45, 2.75) is 19.1 Å². The number of aryl methyl sites for hydroxylation is 1. The summed E-state index contributed by atoms with van der Waals surface area (Å²) < 4.78 is 42.0. The molecule has 2 aliphatic rings. The van der Waals surface area contributed by atoms with Gasteiger partial charge in [0.1, 0.15) is 0 Å². The van der Waals surface area contributed by atoms with Gasteiger partial charge in [-0.15, -0.1) is 12.4 Å². The maximum absolute atomic E-state index is 12.8. The lowest BCUT2D eigenvalue weighted by atomic mass is 9.93. The third kappa shape index (κ3) is 4.54. The van der Waals surface area contributed by atoms with Gasteiger partial charge in [-0.3, -0.25) is 18.9 Å². The van der Waals surface area contributed by atoms with Gasteiger partial charge < -0.3 is 0 Å². The van der Waals surface area contributed by atoms with Gasteiger partial charge in [-0.2, -0.15) is 23.3 Å². The zero-order valence-electron chi connectivity index (χ0n) is 19.2. The summed E-state index contributed by atoms with van der Waals surface area (Å²) in [6.45, 7) is 3.67. The van der Waals surface area contributed by atoms with Gasteiger partial charge in [0, 0.05) is 48.9 Å². The van der Waals surface area contributed by atoms with E-state index in [0.717, 1.165) is 55.7 Å². The predicted octanol–water partition coefficient (Wildman–Crippen LogP) is 5.18. The molecule has 36 heavy (non-hydrogen) atoms. The van der Waals surface area contributed by atoms with Crippen molar-refractivity contribution in [2.75, 3.05) is 19.7 Å². The molecule has 10 heteroatoms. The lowest BCUT2D eigenvalue weighted by Crippen LogP contribution is -2.25. The smallest absolute Gasteiger partial charge is 0.299 e. The highest BCUT2D eigenvalue weighted by molar-refractivity contribution is 5.85. The second-order valence-electron chi connectivity index (χ2n) is 9.26. The first-order valence-electron chi connectivity index (χ1n) is 11.6. The third-order valence-corrected chi connectivity index (χ3v) is 7.09. The van der Waals surface area contributed by atoms with Crippen molar-refractivity contribution in [1.29, 1.82) is 0 Å². The van der Waals surface area contributed by atoms with Crippen molar-refractivity contribution in [3.63, 3.8) is 0 Å². The summed E-state index contributed by atoms with van der Waals surface area (Å²) in [7, 11) is 0. The van der Waals surface area contributed by atoms with E-state index in [9.17, 15) is 18.0 Å². The molecule has 1 unspecified atom stereocenters. The van der Waals surface area contributed by atoms with Gasteiger partial charge in [0.05, 0.1) is 23.9 Å². The standard InChI is InChI=1S/C26H23F3N4O2.ClH/c27-26(28,29)22-3-1-17(2-4-22)18-7-9-32(25(34)12-18)23-5-6-24-20(11-23)13-30-33(24)10-8-19-14-31-15-21(19)16-35-31;/h1-7,9,11-13,19,21H,8,10,14-16H2;1H/t19?,21-;/m0./s1.